The van der Waals surface area contributed by atoms with Crippen molar-refractivity contribution >= 4 is 28.9 Å². The number of anilines is 2. The fourth-order valence-corrected chi connectivity index (χ4v) is 4.09. The van der Waals surface area contributed by atoms with Crippen molar-refractivity contribution in [2.75, 3.05) is 34.8 Å². The molecule has 1 saturated heterocycles. The van der Waals surface area contributed by atoms with E-state index in [1.807, 2.05) is 28.4 Å². The van der Waals surface area contributed by atoms with E-state index < -0.39 is 0 Å². The quantitative estimate of drug-likeness (QED) is 0.744. The fraction of sp³-hybridized carbons (Fsp3) is 0.450. The number of hydrogen-bond acceptors (Lipinski definition) is 6. The molecule has 7 heteroatoms. The zero-order chi connectivity index (χ0) is 18.9. The lowest BCUT2D eigenvalue weighted by Crippen LogP contribution is -2.32. The molecule has 3 aromatic rings. The van der Waals surface area contributed by atoms with E-state index in [0.717, 1.165) is 36.9 Å². The molecule has 0 bridgehead atoms. The fourth-order valence-electron chi connectivity index (χ4n) is 3.19. The van der Waals surface area contributed by atoms with Gasteiger partial charge in [0.2, 0.25) is 0 Å². The summed E-state index contributed by atoms with van der Waals surface area (Å²) in [5.41, 5.74) is 3.23. The van der Waals surface area contributed by atoms with Crippen LogP contribution < -0.4 is 10.2 Å². The lowest BCUT2D eigenvalue weighted by molar-refractivity contribution is 0.527. The van der Waals surface area contributed by atoms with Gasteiger partial charge in [-0.1, -0.05) is 32.9 Å². The standard InChI is InChI=1S/C20H26N6S/c1-20(2,3)19-23-22-18-9-8-17(24-26(18)19)21-14-15-4-6-16(7-5-15)25-10-12-27-13-11-25/h4-9H,10-14H2,1-3H3,(H,21,24). The first-order chi connectivity index (χ1) is 13.0. The van der Waals surface area contributed by atoms with Crippen LogP contribution in [0.25, 0.3) is 5.65 Å². The third-order valence-corrected chi connectivity index (χ3v) is 5.66. The Hall–Kier alpha value is -2.28. The SMILES string of the molecule is CC(C)(C)c1nnc2ccc(NCc3ccc(N4CCSCC4)cc3)nn12. The average molecular weight is 383 g/mol. The van der Waals surface area contributed by atoms with Gasteiger partial charge in [0.1, 0.15) is 5.82 Å². The molecule has 27 heavy (non-hydrogen) atoms. The van der Waals surface area contributed by atoms with Crippen LogP contribution in [0.5, 0.6) is 0 Å². The third-order valence-electron chi connectivity index (χ3n) is 4.72. The second-order valence-electron chi connectivity index (χ2n) is 7.88. The first kappa shape index (κ1) is 18.1. The predicted octanol–water partition coefficient (Wildman–Crippen LogP) is 3.59. The molecular formula is C20H26N6S. The van der Waals surface area contributed by atoms with Crippen LogP contribution in [0.15, 0.2) is 36.4 Å². The summed E-state index contributed by atoms with van der Waals surface area (Å²) in [6.07, 6.45) is 0. The number of rotatable bonds is 4. The van der Waals surface area contributed by atoms with Crippen molar-refractivity contribution in [1.82, 2.24) is 19.8 Å². The smallest absolute Gasteiger partial charge is 0.178 e. The summed E-state index contributed by atoms with van der Waals surface area (Å²) < 4.78 is 1.83. The molecule has 142 valence electrons. The molecule has 1 aliphatic rings. The van der Waals surface area contributed by atoms with Crippen molar-refractivity contribution in [3.05, 3.63) is 47.8 Å². The Bertz CT molecular complexity index is 906. The first-order valence-corrected chi connectivity index (χ1v) is 10.5. The highest BCUT2D eigenvalue weighted by atomic mass is 32.2. The Kier molecular flexibility index (Phi) is 4.95. The van der Waals surface area contributed by atoms with E-state index >= 15 is 0 Å². The van der Waals surface area contributed by atoms with Crippen LogP contribution in [0.3, 0.4) is 0 Å². The van der Waals surface area contributed by atoms with Crippen LogP contribution in [0.1, 0.15) is 32.2 Å². The highest BCUT2D eigenvalue weighted by molar-refractivity contribution is 7.99. The van der Waals surface area contributed by atoms with Gasteiger partial charge in [-0.2, -0.15) is 16.3 Å². The molecule has 1 N–H and O–H groups in total. The molecule has 0 saturated carbocycles. The van der Waals surface area contributed by atoms with Crippen molar-refractivity contribution in [2.24, 2.45) is 0 Å². The minimum Gasteiger partial charge on any atom is -0.370 e. The van der Waals surface area contributed by atoms with Gasteiger partial charge in [-0.3, -0.25) is 0 Å². The van der Waals surface area contributed by atoms with Gasteiger partial charge in [0.25, 0.3) is 0 Å². The van der Waals surface area contributed by atoms with Gasteiger partial charge in [-0.05, 0) is 29.8 Å². The Morgan fingerprint density at radius 3 is 2.44 bits per heavy atom. The van der Waals surface area contributed by atoms with E-state index in [-0.39, 0.29) is 5.41 Å². The Morgan fingerprint density at radius 1 is 1.00 bits per heavy atom. The number of nitrogens with zero attached hydrogens (tertiary/aromatic N) is 5. The average Bonchev–Trinajstić information content (AvgIpc) is 3.11. The van der Waals surface area contributed by atoms with Crippen LogP contribution in [0.2, 0.25) is 0 Å². The van der Waals surface area contributed by atoms with E-state index in [1.165, 1.54) is 22.8 Å². The third kappa shape index (κ3) is 4.03. The first-order valence-electron chi connectivity index (χ1n) is 9.39. The summed E-state index contributed by atoms with van der Waals surface area (Å²) in [4.78, 5) is 2.46. The highest BCUT2D eigenvalue weighted by Crippen LogP contribution is 2.22. The minimum atomic E-state index is -0.103. The summed E-state index contributed by atoms with van der Waals surface area (Å²) in [6, 6.07) is 12.7. The zero-order valence-corrected chi connectivity index (χ0v) is 17.0. The molecule has 0 aliphatic carbocycles. The van der Waals surface area contributed by atoms with Gasteiger partial charge < -0.3 is 10.2 Å². The molecule has 4 rings (SSSR count). The second kappa shape index (κ2) is 7.38. The summed E-state index contributed by atoms with van der Waals surface area (Å²) in [7, 11) is 0. The molecule has 0 amide bonds. The maximum atomic E-state index is 4.68. The Labute approximate surface area is 164 Å². The van der Waals surface area contributed by atoms with Crippen LogP contribution in [-0.2, 0) is 12.0 Å². The van der Waals surface area contributed by atoms with E-state index in [0.29, 0.717) is 0 Å². The van der Waals surface area contributed by atoms with Crippen molar-refractivity contribution < 1.29 is 0 Å². The maximum Gasteiger partial charge on any atom is 0.178 e. The largest absolute Gasteiger partial charge is 0.370 e. The van der Waals surface area contributed by atoms with Crippen molar-refractivity contribution in [3.63, 3.8) is 0 Å². The summed E-state index contributed by atoms with van der Waals surface area (Å²) in [5, 5.41) is 16.6. The van der Waals surface area contributed by atoms with E-state index in [2.05, 4.69) is 70.5 Å². The van der Waals surface area contributed by atoms with Crippen LogP contribution in [0, 0.1) is 0 Å². The van der Waals surface area contributed by atoms with Crippen LogP contribution >= 0.6 is 11.8 Å². The molecule has 0 radical (unpaired) electrons. The van der Waals surface area contributed by atoms with E-state index in [4.69, 9.17) is 0 Å². The van der Waals surface area contributed by atoms with Crippen LogP contribution in [-0.4, -0.2) is 44.4 Å². The normalized spacial score (nSPS) is 15.3. The lowest BCUT2D eigenvalue weighted by Gasteiger charge is -2.28. The molecule has 0 atom stereocenters. The van der Waals surface area contributed by atoms with Crippen molar-refractivity contribution in [1.29, 1.82) is 0 Å². The van der Waals surface area contributed by atoms with Crippen LogP contribution in [0.4, 0.5) is 11.5 Å². The predicted molar refractivity (Wildman–Crippen MR) is 113 cm³/mol. The van der Waals surface area contributed by atoms with Gasteiger partial charge in [-0.25, -0.2) is 0 Å². The molecule has 1 fully saturated rings. The Morgan fingerprint density at radius 2 is 1.74 bits per heavy atom. The highest BCUT2D eigenvalue weighted by Gasteiger charge is 2.21. The number of fused-ring (bicyclic) bond motifs is 1. The molecule has 6 nitrogen and oxygen atoms in total. The topological polar surface area (TPSA) is 58.4 Å². The maximum absolute atomic E-state index is 4.68. The van der Waals surface area contributed by atoms with Gasteiger partial charge in [0, 0.05) is 42.2 Å². The molecule has 1 aliphatic heterocycles. The number of benzene rings is 1. The lowest BCUT2D eigenvalue weighted by atomic mass is 9.96. The molecule has 0 unspecified atom stereocenters. The van der Waals surface area contributed by atoms with Gasteiger partial charge in [-0.15, -0.1) is 15.3 Å². The van der Waals surface area contributed by atoms with Gasteiger partial charge in [0.15, 0.2) is 11.5 Å². The second-order valence-corrected chi connectivity index (χ2v) is 9.11. The zero-order valence-electron chi connectivity index (χ0n) is 16.1. The molecule has 3 heterocycles. The molecular weight excluding hydrogens is 356 g/mol. The van der Waals surface area contributed by atoms with Gasteiger partial charge >= 0.3 is 0 Å². The monoisotopic (exact) mass is 382 g/mol. The van der Waals surface area contributed by atoms with E-state index in [1.54, 1.807) is 0 Å². The molecule has 0 spiro atoms. The number of nitrogens with one attached hydrogen (secondary N) is 1. The summed E-state index contributed by atoms with van der Waals surface area (Å²) in [6.45, 7) is 9.37. The molecule has 2 aromatic heterocycles. The van der Waals surface area contributed by atoms with E-state index in [9.17, 15) is 0 Å². The number of thioether (sulfide) groups is 1. The summed E-state index contributed by atoms with van der Waals surface area (Å²) in [5.74, 6) is 4.13. The minimum absolute atomic E-state index is 0.103. The Balaban J connectivity index is 1.45. The summed E-state index contributed by atoms with van der Waals surface area (Å²) >= 11 is 2.04. The van der Waals surface area contributed by atoms with Crippen molar-refractivity contribution in [3.8, 4) is 0 Å². The number of hydrogen-bond donors (Lipinski definition) is 1. The number of aromatic nitrogens is 4. The molecule has 1 aromatic carbocycles. The van der Waals surface area contributed by atoms with Crippen molar-refractivity contribution in [2.45, 2.75) is 32.7 Å². The van der Waals surface area contributed by atoms with Gasteiger partial charge in [0.05, 0.1) is 0 Å².